The third-order valence-corrected chi connectivity index (χ3v) is 8.33. The molecule has 0 spiro atoms. The number of carbonyl (C=O) groups excluding carboxylic acids is 3. The van der Waals surface area contributed by atoms with Crippen molar-refractivity contribution < 1.29 is 28.6 Å². The Bertz CT molecular complexity index is 1120. The highest BCUT2D eigenvalue weighted by Gasteiger charge is 2.27. The van der Waals surface area contributed by atoms with Crippen molar-refractivity contribution in [3.8, 4) is 0 Å². The molecule has 2 saturated heterocycles. The highest BCUT2D eigenvalue weighted by atomic mass is 32.1. The van der Waals surface area contributed by atoms with Crippen LogP contribution in [0.5, 0.6) is 0 Å². The lowest BCUT2D eigenvalue weighted by atomic mass is 9.97. The number of amides is 1. The van der Waals surface area contributed by atoms with Crippen LogP contribution >= 0.6 is 22.7 Å². The van der Waals surface area contributed by atoms with Gasteiger partial charge in [0.2, 0.25) is 0 Å². The maximum atomic E-state index is 12.0. The Morgan fingerprint density at radius 1 is 0.878 bits per heavy atom. The minimum Gasteiger partial charge on any atom is -0.465 e. The SMILES string of the molecule is COC(=O)c1scnc1NCC1CCN(C(=O)OC(C)(C)C)CC1.COC(=O)c1scnc1NCC1CCNCC1. The van der Waals surface area contributed by atoms with E-state index in [9.17, 15) is 14.4 Å². The minimum atomic E-state index is -0.468. The van der Waals surface area contributed by atoms with Gasteiger partial charge in [0.05, 0.1) is 25.2 Å². The molecule has 3 N–H and O–H groups in total. The Morgan fingerprint density at radius 2 is 1.34 bits per heavy atom. The molecule has 0 unspecified atom stereocenters. The number of ether oxygens (including phenoxy) is 3. The number of esters is 2. The van der Waals surface area contributed by atoms with Gasteiger partial charge in [0, 0.05) is 26.2 Å². The van der Waals surface area contributed by atoms with Gasteiger partial charge in [-0.15, -0.1) is 22.7 Å². The summed E-state index contributed by atoms with van der Waals surface area (Å²) in [5.74, 6) is 1.61. The molecule has 0 saturated carbocycles. The molecule has 0 aromatic carbocycles. The van der Waals surface area contributed by atoms with Gasteiger partial charge in [-0.05, 0) is 71.4 Å². The molecule has 0 bridgehead atoms. The van der Waals surface area contributed by atoms with Gasteiger partial charge in [0.1, 0.15) is 5.60 Å². The molecule has 2 fully saturated rings. The quantitative estimate of drug-likeness (QED) is 0.290. The summed E-state index contributed by atoms with van der Waals surface area (Å²) in [6, 6.07) is 0. The molecular formula is C27H42N6O6S2. The third kappa shape index (κ3) is 10.4. The van der Waals surface area contributed by atoms with E-state index in [-0.39, 0.29) is 18.0 Å². The molecule has 0 atom stereocenters. The normalized spacial score (nSPS) is 16.3. The van der Waals surface area contributed by atoms with Gasteiger partial charge in [0.15, 0.2) is 21.4 Å². The molecule has 2 aromatic heterocycles. The zero-order valence-corrected chi connectivity index (χ0v) is 26.1. The van der Waals surface area contributed by atoms with E-state index in [4.69, 9.17) is 14.2 Å². The van der Waals surface area contributed by atoms with Gasteiger partial charge >= 0.3 is 18.0 Å². The number of methoxy groups -OCH3 is 2. The second-order valence-corrected chi connectivity index (χ2v) is 12.6. The Labute approximate surface area is 249 Å². The molecule has 14 heteroatoms. The number of rotatable bonds is 8. The molecule has 0 aliphatic carbocycles. The largest absolute Gasteiger partial charge is 0.465 e. The van der Waals surface area contributed by atoms with Crippen molar-refractivity contribution >= 4 is 52.3 Å². The summed E-state index contributed by atoms with van der Waals surface area (Å²) in [4.78, 5) is 46.3. The maximum Gasteiger partial charge on any atom is 0.410 e. The van der Waals surface area contributed by atoms with E-state index in [1.165, 1.54) is 49.7 Å². The summed E-state index contributed by atoms with van der Waals surface area (Å²) in [6.45, 7) is 10.7. The standard InChI is InChI=1S/C16H25N3O4S.C11H17N3O2S/c1-16(2,3)23-15(21)19-7-5-11(6-8-19)9-17-13-12(14(20)22-4)24-10-18-13;1-16-11(15)9-10(14-7-17-9)13-6-8-2-4-12-5-3-8/h10-11,17H,5-9H2,1-4H3;7-8,12-13H,2-6H2,1H3. The molecule has 4 heterocycles. The van der Waals surface area contributed by atoms with Gasteiger partial charge in [-0.25, -0.2) is 24.4 Å². The summed E-state index contributed by atoms with van der Waals surface area (Å²) >= 11 is 2.57. The van der Waals surface area contributed by atoms with Crippen LogP contribution in [-0.4, -0.2) is 92.0 Å². The van der Waals surface area contributed by atoms with Crippen LogP contribution in [0.25, 0.3) is 0 Å². The minimum absolute atomic E-state index is 0.249. The predicted molar refractivity (Wildman–Crippen MR) is 160 cm³/mol. The van der Waals surface area contributed by atoms with Crippen molar-refractivity contribution in [2.75, 3.05) is 64.1 Å². The number of nitrogens with zero attached hydrogens (tertiary/aromatic N) is 3. The number of nitrogens with one attached hydrogen (secondary N) is 3. The van der Waals surface area contributed by atoms with Crippen molar-refractivity contribution in [3.63, 3.8) is 0 Å². The number of aromatic nitrogens is 2. The van der Waals surface area contributed by atoms with Crippen LogP contribution in [0.4, 0.5) is 16.4 Å². The van der Waals surface area contributed by atoms with Gasteiger partial charge in [-0.3, -0.25) is 0 Å². The molecule has 12 nitrogen and oxygen atoms in total. The smallest absolute Gasteiger partial charge is 0.410 e. The maximum absolute atomic E-state index is 12.0. The lowest BCUT2D eigenvalue weighted by molar-refractivity contribution is 0.0187. The fourth-order valence-corrected chi connectivity index (χ4v) is 5.79. The fraction of sp³-hybridized carbons (Fsp3) is 0.667. The van der Waals surface area contributed by atoms with Crippen LogP contribution in [0.15, 0.2) is 11.0 Å². The first kappa shape index (κ1) is 32.5. The number of hydrogen-bond acceptors (Lipinski definition) is 13. The number of anilines is 2. The highest BCUT2D eigenvalue weighted by Crippen LogP contribution is 2.24. The number of hydrogen-bond donors (Lipinski definition) is 3. The van der Waals surface area contributed by atoms with E-state index in [0.29, 0.717) is 46.3 Å². The Morgan fingerprint density at radius 3 is 1.78 bits per heavy atom. The van der Waals surface area contributed by atoms with Gasteiger partial charge in [0.25, 0.3) is 0 Å². The molecule has 228 valence electrons. The first-order chi connectivity index (χ1) is 19.6. The average molecular weight is 611 g/mol. The van der Waals surface area contributed by atoms with E-state index in [0.717, 1.165) is 39.0 Å². The Kier molecular flexibility index (Phi) is 12.6. The van der Waals surface area contributed by atoms with Gasteiger partial charge < -0.3 is 35.1 Å². The predicted octanol–water partition coefficient (Wildman–Crippen LogP) is 4.33. The van der Waals surface area contributed by atoms with Crippen molar-refractivity contribution in [2.45, 2.75) is 52.1 Å². The summed E-state index contributed by atoms with van der Waals surface area (Å²) in [5, 5.41) is 9.80. The highest BCUT2D eigenvalue weighted by molar-refractivity contribution is 7.12. The Balaban J connectivity index is 0.000000239. The summed E-state index contributed by atoms with van der Waals surface area (Å²) in [5.41, 5.74) is 2.82. The van der Waals surface area contributed by atoms with Crippen molar-refractivity contribution in [2.24, 2.45) is 11.8 Å². The lowest BCUT2D eigenvalue weighted by Gasteiger charge is -2.33. The van der Waals surface area contributed by atoms with Gasteiger partial charge in [-0.1, -0.05) is 0 Å². The summed E-state index contributed by atoms with van der Waals surface area (Å²) < 4.78 is 14.8. The molecule has 4 rings (SSSR count). The summed E-state index contributed by atoms with van der Waals surface area (Å²) in [7, 11) is 2.75. The zero-order valence-electron chi connectivity index (χ0n) is 24.5. The molecular weight excluding hydrogens is 568 g/mol. The van der Waals surface area contributed by atoms with Crippen LogP contribution in [0.2, 0.25) is 0 Å². The number of thiazole rings is 2. The van der Waals surface area contributed by atoms with E-state index in [2.05, 4.69) is 25.9 Å². The average Bonchev–Trinajstić information content (AvgIpc) is 3.64. The number of piperidine rings is 2. The number of carbonyl (C=O) groups is 3. The zero-order chi connectivity index (χ0) is 29.8. The molecule has 2 aliphatic heterocycles. The van der Waals surface area contributed by atoms with Crippen molar-refractivity contribution in [1.82, 2.24) is 20.2 Å². The first-order valence-corrected chi connectivity index (χ1v) is 15.6. The van der Waals surface area contributed by atoms with E-state index in [1.807, 2.05) is 20.8 Å². The molecule has 2 aliphatic rings. The fourth-order valence-electron chi connectivity index (χ4n) is 4.43. The van der Waals surface area contributed by atoms with Crippen molar-refractivity contribution in [3.05, 3.63) is 20.8 Å². The first-order valence-electron chi connectivity index (χ1n) is 13.8. The summed E-state index contributed by atoms with van der Waals surface area (Å²) in [6.07, 6.45) is 3.88. The second kappa shape index (κ2) is 15.9. The lowest BCUT2D eigenvalue weighted by Crippen LogP contribution is -2.42. The van der Waals surface area contributed by atoms with E-state index in [1.54, 1.807) is 15.9 Å². The van der Waals surface area contributed by atoms with Crippen LogP contribution in [0.1, 0.15) is 65.8 Å². The van der Waals surface area contributed by atoms with Crippen LogP contribution in [0, 0.1) is 11.8 Å². The number of likely N-dealkylation sites (tertiary alicyclic amines) is 1. The molecule has 0 radical (unpaired) electrons. The van der Waals surface area contributed by atoms with Crippen LogP contribution in [0.3, 0.4) is 0 Å². The van der Waals surface area contributed by atoms with Crippen molar-refractivity contribution in [1.29, 1.82) is 0 Å². The van der Waals surface area contributed by atoms with Crippen LogP contribution in [-0.2, 0) is 14.2 Å². The monoisotopic (exact) mass is 610 g/mol. The molecule has 1 amide bonds. The van der Waals surface area contributed by atoms with E-state index >= 15 is 0 Å². The molecule has 2 aromatic rings. The Hall–Kier alpha value is -2.97. The van der Waals surface area contributed by atoms with Crippen LogP contribution < -0.4 is 16.0 Å². The molecule has 41 heavy (non-hydrogen) atoms. The topological polar surface area (TPSA) is 144 Å². The third-order valence-electron chi connectivity index (χ3n) is 6.72. The second-order valence-electron chi connectivity index (χ2n) is 10.9. The van der Waals surface area contributed by atoms with Gasteiger partial charge in [-0.2, -0.15) is 0 Å². The van der Waals surface area contributed by atoms with E-state index < -0.39 is 5.60 Å².